The Morgan fingerprint density at radius 1 is 0.593 bits per heavy atom. The minimum Gasteiger partial charge on any atom is -0.456 e. The van der Waals surface area contributed by atoms with E-state index in [1.54, 1.807) is 6.08 Å². The first-order valence-electron chi connectivity index (χ1n) is 18.6. The van der Waals surface area contributed by atoms with E-state index in [2.05, 4.69) is 144 Å². The Bertz CT molecular complexity index is 3170. The van der Waals surface area contributed by atoms with Crippen LogP contribution >= 0.6 is 0 Å². The highest BCUT2D eigenvalue weighted by Gasteiger charge is 2.22. The van der Waals surface area contributed by atoms with Crippen molar-refractivity contribution in [3.05, 3.63) is 164 Å². The summed E-state index contributed by atoms with van der Waals surface area (Å²) in [6.45, 7) is 16.2. The summed E-state index contributed by atoms with van der Waals surface area (Å²) in [5.74, 6) is 0.904. The second-order valence-electron chi connectivity index (χ2n) is 13.3. The molecule has 0 N–H and O–H groups in total. The molecule has 0 bridgehead atoms. The van der Waals surface area contributed by atoms with E-state index < -0.39 is 0 Å². The molecule has 4 nitrogen and oxygen atoms in total. The lowest BCUT2D eigenvalue weighted by molar-refractivity contribution is 0.602. The van der Waals surface area contributed by atoms with Gasteiger partial charge in [-0.15, -0.1) is 0 Å². The molecule has 0 aliphatic carbocycles. The molecule has 4 heteroatoms. The van der Waals surface area contributed by atoms with E-state index in [0.717, 1.165) is 110 Å². The van der Waals surface area contributed by atoms with Gasteiger partial charge in [0, 0.05) is 49.4 Å². The minimum atomic E-state index is 0.887. The molecule has 0 aliphatic rings. The van der Waals surface area contributed by atoms with Crippen LogP contribution in [0.4, 0.5) is 0 Å². The van der Waals surface area contributed by atoms with Crippen molar-refractivity contribution < 1.29 is 8.83 Å². The lowest BCUT2D eigenvalue weighted by atomic mass is 10.0. The Hall–Kier alpha value is -6.78. The molecule has 4 heterocycles. The average molecular weight is 701 g/mol. The van der Waals surface area contributed by atoms with Gasteiger partial charge in [0.1, 0.15) is 22.5 Å². The molecule has 4 aromatic heterocycles. The van der Waals surface area contributed by atoms with Crippen LogP contribution in [-0.4, -0.2) is 9.13 Å². The summed E-state index contributed by atoms with van der Waals surface area (Å²) in [6, 6.07) is 41.2. The maximum atomic E-state index is 7.07. The smallest absolute Gasteiger partial charge is 0.145 e. The highest BCUT2D eigenvalue weighted by molar-refractivity contribution is 6.29. The second-order valence-corrected chi connectivity index (χ2v) is 13.3. The Morgan fingerprint density at radius 2 is 1.22 bits per heavy atom. The lowest BCUT2D eigenvalue weighted by Crippen LogP contribution is -1.93. The molecule has 0 amide bonds. The summed E-state index contributed by atoms with van der Waals surface area (Å²) < 4.78 is 18.0. The highest BCUT2D eigenvalue weighted by Crippen LogP contribution is 2.45. The van der Waals surface area contributed by atoms with Crippen molar-refractivity contribution in [2.45, 2.75) is 27.7 Å². The zero-order valence-corrected chi connectivity index (χ0v) is 31.0. The van der Waals surface area contributed by atoms with Crippen molar-refractivity contribution in [1.29, 1.82) is 0 Å². The number of hydrogen-bond donors (Lipinski definition) is 0. The van der Waals surface area contributed by atoms with Crippen LogP contribution < -0.4 is 0 Å². The number of hydrogen-bond acceptors (Lipinski definition) is 2. The predicted molar refractivity (Wildman–Crippen MR) is 232 cm³/mol. The molecule has 10 rings (SSSR count). The Kier molecular flexibility index (Phi) is 7.97. The maximum absolute atomic E-state index is 7.07. The number of nitrogens with zero attached hydrogens (tertiary/aromatic N) is 2. The van der Waals surface area contributed by atoms with E-state index in [1.807, 2.05) is 45.1 Å². The average Bonchev–Trinajstić information content (AvgIpc) is 3.95. The van der Waals surface area contributed by atoms with E-state index >= 15 is 0 Å². The first-order valence-corrected chi connectivity index (χ1v) is 18.6. The van der Waals surface area contributed by atoms with Gasteiger partial charge in [-0.3, -0.25) is 0 Å². The monoisotopic (exact) mass is 700 g/mol. The van der Waals surface area contributed by atoms with Gasteiger partial charge >= 0.3 is 0 Å². The van der Waals surface area contributed by atoms with Crippen LogP contribution in [0.25, 0.3) is 105 Å². The molecule has 0 saturated heterocycles. The molecule has 0 saturated carbocycles. The normalized spacial score (nSPS) is 12.3. The van der Waals surface area contributed by atoms with Gasteiger partial charge in [0.05, 0.1) is 32.8 Å². The summed E-state index contributed by atoms with van der Waals surface area (Å²) in [4.78, 5) is 0. The molecule has 0 spiro atoms. The number of allylic oxidation sites excluding steroid dienone is 5. The third-order valence-electron chi connectivity index (χ3n) is 10.6. The van der Waals surface area contributed by atoms with E-state index in [9.17, 15) is 0 Å². The molecule has 0 unspecified atom stereocenters. The van der Waals surface area contributed by atoms with E-state index in [0.29, 0.717) is 0 Å². The number of benzene rings is 6. The number of rotatable bonds is 6. The van der Waals surface area contributed by atoms with Gasteiger partial charge in [0.2, 0.25) is 0 Å². The summed E-state index contributed by atoms with van der Waals surface area (Å²) in [6.07, 6.45) is 9.72. The van der Waals surface area contributed by atoms with Crippen molar-refractivity contribution in [3.63, 3.8) is 0 Å². The molecule has 0 fully saturated rings. The number of furan rings is 2. The standard InChI is InChI=1S/C48H34N2O2.C2H6/c1-5-13-31(7-3)49-39-19-10-8-15-37(39)44-41(49)27-25-35-36-26-28-42-45(48(36)52-47(35)44)38-16-9-11-20-40(38)50(42)32-23-21-30(22-24-32)34-18-12-17-33-29(4)43(14-6-2)51-46(33)34;1-2/h5-28H,1,3H2,2,4H3;1-2H3/b14-6-,31-13+;. The largest absolute Gasteiger partial charge is 0.456 e. The van der Waals surface area contributed by atoms with Crippen molar-refractivity contribution >= 4 is 88.3 Å². The van der Waals surface area contributed by atoms with Crippen molar-refractivity contribution in [2.75, 3.05) is 0 Å². The van der Waals surface area contributed by atoms with E-state index in [-0.39, 0.29) is 0 Å². The van der Waals surface area contributed by atoms with Gasteiger partial charge in [0.15, 0.2) is 0 Å². The fourth-order valence-electron chi connectivity index (χ4n) is 8.30. The van der Waals surface area contributed by atoms with Crippen LogP contribution in [0.15, 0.2) is 162 Å². The molecule has 6 aromatic carbocycles. The molecule has 262 valence electrons. The molecule has 10 aromatic rings. The lowest BCUT2D eigenvalue weighted by Gasteiger charge is -2.10. The molecular weight excluding hydrogens is 661 g/mol. The Labute approximate surface area is 313 Å². The highest BCUT2D eigenvalue weighted by atomic mass is 16.3. The molecule has 0 atom stereocenters. The van der Waals surface area contributed by atoms with E-state index in [1.165, 1.54) is 0 Å². The van der Waals surface area contributed by atoms with Crippen molar-refractivity contribution in [3.8, 4) is 16.8 Å². The maximum Gasteiger partial charge on any atom is 0.145 e. The van der Waals surface area contributed by atoms with Gasteiger partial charge in [-0.2, -0.15) is 0 Å². The molecule has 0 aliphatic heterocycles. The number of aromatic nitrogens is 2. The van der Waals surface area contributed by atoms with Gasteiger partial charge in [-0.05, 0) is 86.2 Å². The number of para-hydroxylation sites is 3. The third-order valence-corrected chi connectivity index (χ3v) is 10.6. The molecular formula is C50H40N2O2. The number of fused-ring (bicyclic) bond motifs is 12. The fraction of sp³-hybridized carbons (Fsp3) is 0.0800. The van der Waals surface area contributed by atoms with Gasteiger partial charge < -0.3 is 18.0 Å². The van der Waals surface area contributed by atoms with Crippen LogP contribution in [0.1, 0.15) is 32.1 Å². The zero-order valence-electron chi connectivity index (χ0n) is 31.0. The third kappa shape index (κ3) is 4.70. The van der Waals surface area contributed by atoms with Crippen LogP contribution in [0.2, 0.25) is 0 Å². The van der Waals surface area contributed by atoms with Gasteiger partial charge in [-0.25, -0.2) is 0 Å². The summed E-state index contributed by atoms with van der Waals surface area (Å²) in [5.41, 5.74) is 12.5. The summed E-state index contributed by atoms with van der Waals surface area (Å²) in [7, 11) is 0. The minimum absolute atomic E-state index is 0.887. The topological polar surface area (TPSA) is 36.1 Å². The zero-order chi connectivity index (χ0) is 37.1. The first-order chi connectivity index (χ1) is 26.6. The fourth-order valence-corrected chi connectivity index (χ4v) is 8.30. The van der Waals surface area contributed by atoms with Gasteiger partial charge in [-0.1, -0.05) is 106 Å². The van der Waals surface area contributed by atoms with Crippen molar-refractivity contribution in [2.24, 2.45) is 0 Å². The number of aryl methyl sites for hydroxylation is 1. The van der Waals surface area contributed by atoms with Crippen LogP contribution in [0.5, 0.6) is 0 Å². The first kappa shape index (κ1) is 33.1. The van der Waals surface area contributed by atoms with Crippen LogP contribution in [0.3, 0.4) is 0 Å². The summed E-state index contributed by atoms with van der Waals surface area (Å²) >= 11 is 0. The van der Waals surface area contributed by atoms with Crippen LogP contribution in [-0.2, 0) is 0 Å². The Morgan fingerprint density at radius 3 is 1.91 bits per heavy atom. The summed E-state index contributed by atoms with van der Waals surface area (Å²) in [5, 5.41) is 7.83. The molecule has 54 heavy (non-hydrogen) atoms. The quantitative estimate of drug-likeness (QED) is 0.162. The predicted octanol–water partition coefficient (Wildman–Crippen LogP) is 14.8. The molecule has 0 radical (unpaired) electrons. The van der Waals surface area contributed by atoms with E-state index in [4.69, 9.17) is 8.83 Å². The van der Waals surface area contributed by atoms with Crippen molar-refractivity contribution in [1.82, 2.24) is 9.13 Å². The SMILES string of the molecule is C=C/C=C(\C=C)n1c2ccccc2c2c3oc4c(ccc5c4c4ccccc4n5-c4ccc(-c5cccc6c(C)c(/C=C\C)oc56)cc4)c3ccc21.CC. The second kappa shape index (κ2) is 13.0. The Balaban J connectivity index is 0.00000189. The van der Waals surface area contributed by atoms with Crippen LogP contribution in [0, 0.1) is 6.92 Å². The van der Waals surface area contributed by atoms with Gasteiger partial charge in [0.25, 0.3) is 0 Å².